The molecule has 1 heterocycles. The Bertz CT molecular complexity index is 906. The highest BCUT2D eigenvalue weighted by molar-refractivity contribution is 7.99. The van der Waals surface area contributed by atoms with Crippen molar-refractivity contribution in [3.63, 3.8) is 0 Å². The Labute approximate surface area is 164 Å². The maximum Gasteiger partial charge on any atom is 0.195 e. The lowest BCUT2D eigenvalue weighted by Gasteiger charge is -2.14. The standard InChI is InChI=1S/C21H25N3O2S/c1-14-6-9-18(10-7-14)24-17(4)22-23-21(24)27-13-19(25)12-26-20-11-15(2)5-8-16(20)3/h5-11,19,25H,12-13H2,1-4H3/t19-/m0/s1. The maximum atomic E-state index is 10.3. The molecule has 3 rings (SSSR count). The number of benzene rings is 2. The summed E-state index contributed by atoms with van der Waals surface area (Å²) < 4.78 is 7.80. The first-order chi connectivity index (χ1) is 12.9. The zero-order valence-electron chi connectivity index (χ0n) is 16.1. The quantitative estimate of drug-likeness (QED) is 0.624. The summed E-state index contributed by atoms with van der Waals surface area (Å²) in [5, 5.41) is 19.5. The lowest BCUT2D eigenvalue weighted by atomic mass is 10.1. The van der Waals surface area contributed by atoms with Gasteiger partial charge in [-0.1, -0.05) is 41.6 Å². The van der Waals surface area contributed by atoms with Gasteiger partial charge in [0.25, 0.3) is 0 Å². The fraction of sp³-hybridized carbons (Fsp3) is 0.333. The molecule has 0 unspecified atom stereocenters. The van der Waals surface area contributed by atoms with Crippen LogP contribution >= 0.6 is 11.8 Å². The van der Waals surface area contributed by atoms with Crippen LogP contribution < -0.4 is 4.74 Å². The predicted molar refractivity (Wildman–Crippen MR) is 109 cm³/mol. The fourth-order valence-electron chi connectivity index (χ4n) is 2.70. The Morgan fingerprint density at radius 3 is 2.44 bits per heavy atom. The van der Waals surface area contributed by atoms with E-state index in [2.05, 4.69) is 47.5 Å². The van der Waals surface area contributed by atoms with Crippen LogP contribution in [0.2, 0.25) is 0 Å². The van der Waals surface area contributed by atoms with Gasteiger partial charge in [0, 0.05) is 11.4 Å². The van der Waals surface area contributed by atoms with Crippen molar-refractivity contribution >= 4 is 11.8 Å². The third kappa shape index (κ3) is 4.90. The van der Waals surface area contributed by atoms with Crippen molar-refractivity contribution in [3.05, 3.63) is 65.0 Å². The molecule has 0 fully saturated rings. The Kier molecular flexibility index (Phi) is 6.19. The summed E-state index contributed by atoms with van der Waals surface area (Å²) in [5.74, 6) is 2.12. The largest absolute Gasteiger partial charge is 0.491 e. The minimum Gasteiger partial charge on any atom is -0.491 e. The average molecular weight is 384 g/mol. The van der Waals surface area contributed by atoms with E-state index in [0.717, 1.165) is 33.5 Å². The maximum absolute atomic E-state index is 10.3. The molecule has 0 aliphatic carbocycles. The number of hydrogen-bond acceptors (Lipinski definition) is 5. The molecule has 1 N–H and O–H groups in total. The molecule has 2 aromatic carbocycles. The summed E-state index contributed by atoms with van der Waals surface area (Å²) in [4.78, 5) is 0. The predicted octanol–water partition coefficient (Wildman–Crippen LogP) is 4.03. The second kappa shape index (κ2) is 8.59. The molecule has 0 bridgehead atoms. The smallest absolute Gasteiger partial charge is 0.195 e. The molecular weight excluding hydrogens is 358 g/mol. The topological polar surface area (TPSA) is 60.2 Å². The van der Waals surface area contributed by atoms with Crippen molar-refractivity contribution in [2.45, 2.75) is 39.0 Å². The molecule has 5 nitrogen and oxygen atoms in total. The van der Waals surface area contributed by atoms with E-state index in [1.807, 2.05) is 37.5 Å². The molecule has 0 radical (unpaired) electrons. The van der Waals surface area contributed by atoms with E-state index in [-0.39, 0.29) is 6.61 Å². The highest BCUT2D eigenvalue weighted by Crippen LogP contribution is 2.24. The van der Waals surface area contributed by atoms with Crippen LogP contribution in [-0.2, 0) is 0 Å². The van der Waals surface area contributed by atoms with Gasteiger partial charge in [0.1, 0.15) is 18.2 Å². The molecule has 1 aromatic heterocycles. The van der Waals surface area contributed by atoms with Crippen LogP contribution in [0.25, 0.3) is 5.69 Å². The summed E-state index contributed by atoms with van der Waals surface area (Å²) in [6.45, 7) is 8.26. The molecule has 142 valence electrons. The van der Waals surface area contributed by atoms with Crippen molar-refractivity contribution in [2.75, 3.05) is 12.4 Å². The fourth-order valence-corrected chi connectivity index (χ4v) is 3.60. The summed E-state index contributed by atoms with van der Waals surface area (Å²) in [6, 6.07) is 14.3. The van der Waals surface area contributed by atoms with Gasteiger partial charge in [-0.25, -0.2) is 0 Å². The SMILES string of the molecule is Cc1ccc(-n2c(C)nnc2SC[C@@H](O)COc2cc(C)ccc2C)cc1. The number of ether oxygens (including phenoxy) is 1. The summed E-state index contributed by atoms with van der Waals surface area (Å²) >= 11 is 1.48. The van der Waals surface area contributed by atoms with Gasteiger partial charge < -0.3 is 9.84 Å². The molecule has 0 aliphatic rings. The summed E-state index contributed by atoms with van der Waals surface area (Å²) in [7, 11) is 0. The van der Waals surface area contributed by atoms with Crippen molar-refractivity contribution in [2.24, 2.45) is 0 Å². The van der Waals surface area contributed by atoms with Crippen molar-refractivity contribution in [1.82, 2.24) is 14.8 Å². The van der Waals surface area contributed by atoms with Crippen LogP contribution in [0.1, 0.15) is 22.5 Å². The number of aromatic nitrogens is 3. The van der Waals surface area contributed by atoms with E-state index in [4.69, 9.17) is 4.74 Å². The first-order valence-corrected chi connectivity index (χ1v) is 9.92. The van der Waals surface area contributed by atoms with Gasteiger partial charge in [-0.05, 0) is 57.0 Å². The van der Waals surface area contributed by atoms with Gasteiger partial charge in [-0.3, -0.25) is 4.57 Å². The number of rotatable bonds is 7. The molecule has 3 aromatic rings. The van der Waals surface area contributed by atoms with Crippen LogP contribution in [0, 0.1) is 27.7 Å². The monoisotopic (exact) mass is 383 g/mol. The van der Waals surface area contributed by atoms with Gasteiger partial charge in [-0.15, -0.1) is 10.2 Å². The Hall–Kier alpha value is -2.31. The zero-order chi connectivity index (χ0) is 19.4. The summed E-state index contributed by atoms with van der Waals surface area (Å²) in [5.41, 5.74) is 4.43. The molecule has 0 spiro atoms. The second-order valence-corrected chi connectivity index (χ2v) is 7.73. The molecule has 0 aliphatic heterocycles. The summed E-state index contributed by atoms with van der Waals surface area (Å²) in [6.07, 6.45) is -0.599. The molecule has 0 saturated heterocycles. The number of aliphatic hydroxyl groups excluding tert-OH is 1. The van der Waals surface area contributed by atoms with Crippen LogP contribution in [0.5, 0.6) is 5.75 Å². The lowest BCUT2D eigenvalue weighted by Crippen LogP contribution is -2.20. The van der Waals surface area contributed by atoms with E-state index >= 15 is 0 Å². The third-order valence-electron chi connectivity index (χ3n) is 4.27. The second-order valence-electron chi connectivity index (χ2n) is 6.75. The molecule has 0 saturated carbocycles. The Morgan fingerprint density at radius 1 is 1.00 bits per heavy atom. The highest BCUT2D eigenvalue weighted by Gasteiger charge is 2.14. The van der Waals surface area contributed by atoms with Crippen molar-refractivity contribution < 1.29 is 9.84 Å². The Morgan fingerprint density at radius 2 is 1.70 bits per heavy atom. The number of aliphatic hydroxyl groups is 1. The van der Waals surface area contributed by atoms with E-state index < -0.39 is 6.10 Å². The van der Waals surface area contributed by atoms with Gasteiger partial charge in [-0.2, -0.15) is 0 Å². The number of aryl methyl sites for hydroxylation is 4. The molecule has 1 atom stereocenters. The van der Waals surface area contributed by atoms with Gasteiger partial charge in [0.05, 0.1) is 6.10 Å². The number of nitrogens with zero attached hydrogens (tertiary/aromatic N) is 3. The van der Waals surface area contributed by atoms with Gasteiger partial charge in [0.15, 0.2) is 5.16 Å². The minimum atomic E-state index is -0.599. The average Bonchev–Trinajstić information content (AvgIpc) is 3.02. The Balaban J connectivity index is 1.61. The van der Waals surface area contributed by atoms with Gasteiger partial charge >= 0.3 is 0 Å². The van der Waals surface area contributed by atoms with Crippen LogP contribution in [-0.4, -0.2) is 38.3 Å². The number of thioether (sulfide) groups is 1. The van der Waals surface area contributed by atoms with Crippen LogP contribution in [0.4, 0.5) is 0 Å². The zero-order valence-corrected chi connectivity index (χ0v) is 17.0. The van der Waals surface area contributed by atoms with E-state index in [1.165, 1.54) is 17.3 Å². The minimum absolute atomic E-state index is 0.245. The van der Waals surface area contributed by atoms with E-state index in [1.54, 1.807) is 0 Å². The molecule has 27 heavy (non-hydrogen) atoms. The normalized spacial score (nSPS) is 12.2. The van der Waals surface area contributed by atoms with Crippen molar-refractivity contribution in [3.8, 4) is 11.4 Å². The molecule has 0 amide bonds. The van der Waals surface area contributed by atoms with Crippen molar-refractivity contribution in [1.29, 1.82) is 0 Å². The molecular formula is C21H25N3O2S. The van der Waals surface area contributed by atoms with Crippen LogP contribution in [0.15, 0.2) is 47.6 Å². The van der Waals surface area contributed by atoms with Crippen LogP contribution in [0.3, 0.4) is 0 Å². The highest BCUT2D eigenvalue weighted by atomic mass is 32.2. The van der Waals surface area contributed by atoms with E-state index in [9.17, 15) is 5.11 Å². The lowest BCUT2D eigenvalue weighted by molar-refractivity contribution is 0.126. The number of hydrogen-bond donors (Lipinski definition) is 1. The third-order valence-corrected chi connectivity index (χ3v) is 5.34. The first-order valence-electron chi connectivity index (χ1n) is 8.94. The van der Waals surface area contributed by atoms with E-state index in [0.29, 0.717) is 5.75 Å². The molecule has 6 heteroatoms. The van der Waals surface area contributed by atoms with Gasteiger partial charge in [0.2, 0.25) is 0 Å². The first kappa shape index (κ1) is 19.5.